The van der Waals surface area contributed by atoms with Crippen LogP contribution in [0.3, 0.4) is 0 Å². The number of hydrogen-bond donors (Lipinski definition) is 1. The highest BCUT2D eigenvalue weighted by Gasteiger charge is 2.26. The Labute approximate surface area is 95.5 Å². The summed E-state index contributed by atoms with van der Waals surface area (Å²) in [6.45, 7) is 0.947. The highest BCUT2D eigenvalue weighted by atomic mass is 79.9. The van der Waals surface area contributed by atoms with Crippen molar-refractivity contribution < 1.29 is 13.9 Å². The molecule has 2 N–H and O–H groups in total. The van der Waals surface area contributed by atoms with Crippen LogP contribution in [0.25, 0.3) is 0 Å². The topological polar surface area (TPSA) is 44.5 Å². The molecule has 2 atom stereocenters. The van der Waals surface area contributed by atoms with Gasteiger partial charge in [0.2, 0.25) is 0 Å². The van der Waals surface area contributed by atoms with Crippen LogP contribution in [0.4, 0.5) is 4.39 Å². The SMILES string of the molecule is N[C@H]1COC[C@H]1Oc1ccc(Br)c(F)c1. The normalized spacial score (nSPS) is 25.5. The molecule has 82 valence electrons. The summed E-state index contributed by atoms with van der Waals surface area (Å²) in [6, 6.07) is 4.48. The van der Waals surface area contributed by atoms with E-state index in [9.17, 15) is 4.39 Å². The van der Waals surface area contributed by atoms with Crippen LogP contribution in [0.15, 0.2) is 22.7 Å². The predicted octanol–water partition coefficient (Wildman–Crippen LogP) is 1.69. The fraction of sp³-hybridized carbons (Fsp3) is 0.400. The Morgan fingerprint density at radius 3 is 2.87 bits per heavy atom. The molecule has 2 rings (SSSR count). The lowest BCUT2D eigenvalue weighted by molar-refractivity contribution is 0.140. The zero-order valence-corrected chi connectivity index (χ0v) is 9.54. The van der Waals surface area contributed by atoms with Gasteiger partial charge in [0, 0.05) is 6.07 Å². The fourth-order valence-corrected chi connectivity index (χ4v) is 1.64. The molecule has 0 aromatic heterocycles. The van der Waals surface area contributed by atoms with Crippen molar-refractivity contribution >= 4 is 15.9 Å². The summed E-state index contributed by atoms with van der Waals surface area (Å²) < 4.78 is 24.2. The number of halogens is 2. The lowest BCUT2D eigenvalue weighted by atomic mass is 10.2. The van der Waals surface area contributed by atoms with Crippen molar-refractivity contribution in [3.05, 3.63) is 28.5 Å². The summed E-state index contributed by atoms with van der Waals surface area (Å²) in [7, 11) is 0. The quantitative estimate of drug-likeness (QED) is 0.894. The zero-order chi connectivity index (χ0) is 10.8. The summed E-state index contributed by atoms with van der Waals surface area (Å²) in [4.78, 5) is 0. The average molecular weight is 276 g/mol. The molecule has 0 spiro atoms. The molecule has 0 saturated carbocycles. The molecule has 1 aromatic rings. The average Bonchev–Trinajstić information content (AvgIpc) is 2.59. The molecule has 0 radical (unpaired) electrons. The van der Waals surface area contributed by atoms with Gasteiger partial charge in [-0.05, 0) is 28.1 Å². The first-order valence-electron chi connectivity index (χ1n) is 4.62. The highest BCUT2D eigenvalue weighted by Crippen LogP contribution is 2.22. The van der Waals surface area contributed by atoms with E-state index >= 15 is 0 Å². The van der Waals surface area contributed by atoms with Crippen molar-refractivity contribution in [2.24, 2.45) is 5.73 Å². The first-order chi connectivity index (χ1) is 7.16. The second-order valence-electron chi connectivity index (χ2n) is 3.43. The fourth-order valence-electron chi connectivity index (χ4n) is 1.40. The molecule has 1 aliphatic rings. The van der Waals surface area contributed by atoms with Crippen LogP contribution in [0.2, 0.25) is 0 Å². The van der Waals surface area contributed by atoms with Crippen LogP contribution in [0.5, 0.6) is 5.75 Å². The Hall–Kier alpha value is -0.650. The minimum atomic E-state index is -0.347. The smallest absolute Gasteiger partial charge is 0.141 e. The molecule has 0 aliphatic carbocycles. The number of ether oxygens (including phenoxy) is 2. The van der Waals surface area contributed by atoms with Crippen molar-refractivity contribution in [3.63, 3.8) is 0 Å². The van der Waals surface area contributed by atoms with Gasteiger partial charge < -0.3 is 15.2 Å². The van der Waals surface area contributed by atoms with Crippen molar-refractivity contribution in [2.75, 3.05) is 13.2 Å². The first kappa shape index (κ1) is 10.9. The Kier molecular flexibility index (Phi) is 3.23. The monoisotopic (exact) mass is 275 g/mol. The summed E-state index contributed by atoms with van der Waals surface area (Å²) in [5.74, 6) is 0.127. The van der Waals surface area contributed by atoms with Gasteiger partial charge in [-0.15, -0.1) is 0 Å². The van der Waals surface area contributed by atoms with Gasteiger partial charge in [0.1, 0.15) is 17.7 Å². The Bertz CT molecular complexity index is 361. The Morgan fingerprint density at radius 2 is 2.27 bits per heavy atom. The van der Waals surface area contributed by atoms with Crippen molar-refractivity contribution in [1.29, 1.82) is 0 Å². The van der Waals surface area contributed by atoms with Crippen LogP contribution in [-0.4, -0.2) is 25.4 Å². The summed E-state index contributed by atoms with van der Waals surface area (Å²) in [5.41, 5.74) is 5.74. The number of hydrogen-bond acceptors (Lipinski definition) is 3. The molecule has 5 heteroatoms. The molecule has 15 heavy (non-hydrogen) atoms. The highest BCUT2D eigenvalue weighted by molar-refractivity contribution is 9.10. The minimum Gasteiger partial charge on any atom is -0.486 e. The maximum Gasteiger partial charge on any atom is 0.141 e. The van der Waals surface area contributed by atoms with Gasteiger partial charge >= 0.3 is 0 Å². The molecule has 1 fully saturated rings. The molecular weight excluding hydrogens is 265 g/mol. The van der Waals surface area contributed by atoms with Crippen molar-refractivity contribution in [3.8, 4) is 5.75 Å². The molecular formula is C10H11BrFNO2. The van der Waals surface area contributed by atoms with E-state index in [0.29, 0.717) is 23.4 Å². The van der Waals surface area contributed by atoms with Gasteiger partial charge in [-0.1, -0.05) is 0 Å². The van der Waals surface area contributed by atoms with Crippen LogP contribution >= 0.6 is 15.9 Å². The second kappa shape index (κ2) is 4.47. The van der Waals surface area contributed by atoms with Crippen LogP contribution < -0.4 is 10.5 Å². The lowest BCUT2D eigenvalue weighted by Crippen LogP contribution is -2.37. The van der Waals surface area contributed by atoms with Crippen LogP contribution in [0, 0.1) is 5.82 Å². The minimum absolute atomic E-state index is 0.142. The predicted molar refractivity (Wildman–Crippen MR) is 57.3 cm³/mol. The second-order valence-corrected chi connectivity index (χ2v) is 4.29. The number of benzene rings is 1. The van der Waals surface area contributed by atoms with E-state index in [2.05, 4.69) is 15.9 Å². The first-order valence-corrected chi connectivity index (χ1v) is 5.41. The maximum atomic E-state index is 13.2. The molecule has 3 nitrogen and oxygen atoms in total. The van der Waals surface area contributed by atoms with E-state index < -0.39 is 0 Å². The van der Waals surface area contributed by atoms with Gasteiger partial charge in [0.25, 0.3) is 0 Å². The molecule has 1 heterocycles. The van der Waals surface area contributed by atoms with E-state index in [4.69, 9.17) is 15.2 Å². The van der Waals surface area contributed by atoms with E-state index in [1.54, 1.807) is 12.1 Å². The van der Waals surface area contributed by atoms with E-state index in [1.807, 2.05) is 0 Å². The molecule has 1 aliphatic heterocycles. The third kappa shape index (κ3) is 2.48. The summed E-state index contributed by atoms with van der Waals surface area (Å²) >= 11 is 3.07. The van der Waals surface area contributed by atoms with E-state index in [0.717, 1.165) is 0 Å². The lowest BCUT2D eigenvalue weighted by Gasteiger charge is -2.16. The Morgan fingerprint density at radius 1 is 1.47 bits per heavy atom. The third-order valence-electron chi connectivity index (χ3n) is 2.25. The number of rotatable bonds is 2. The molecule has 0 bridgehead atoms. The molecule has 1 aromatic carbocycles. The van der Waals surface area contributed by atoms with Gasteiger partial charge in [0.15, 0.2) is 0 Å². The summed E-state index contributed by atoms with van der Waals surface area (Å²) in [5, 5.41) is 0. The van der Waals surface area contributed by atoms with Gasteiger partial charge in [-0.25, -0.2) is 4.39 Å². The third-order valence-corrected chi connectivity index (χ3v) is 2.89. The van der Waals surface area contributed by atoms with Gasteiger partial charge in [0.05, 0.1) is 23.7 Å². The maximum absolute atomic E-state index is 13.2. The molecule has 0 amide bonds. The largest absolute Gasteiger partial charge is 0.486 e. The van der Waals surface area contributed by atoms with Crippen molar-refractivity contribution in [2.45, 2.75) is 12.1 Å². The Balaban J connectivity index is 2.07. The van der Waals surface area contributed by atoms with Gasteiger partial charge in [-0.2, -0.15) is 0 Å². The molecule has 1 saturated heterocycles. The van der Waals surface area contributed by atoms with Crippen LogP contribution in [0.1, 0.15) is 0 Å². The van der Waals surface area contributed by atoms with E-state index in [-0.39, 0.29) is 18.0 Å². The zero-order valence-electron chi connectivity index (χ0n) is 7.95. The van der Waals surface area contributed by atoms with Crippen LogP contribution in [-0.2, 0) is 4.74 Å². The summed E-state index contributed by atoms with van der Waals surface area (Å²) in [6.07, 6.45) is -0.189. The van der Waals surface area contributed by atoms with Gasteiger partial charge in [-0.3, -0.25) is 0 Å². The van der Waals surface area contributed by atoms with E-state index in [1.165, 1.54) is 6.07 Å². The molecule has 0 unspecified atom stereocenters. The standard InChI is InChI=1S/C10H11BrFNO2/c11-7-2-1-6(3-8(7)12)15-10-5-14-4-9(10)13/h1-3,9-10H,4-5,13H2/t9-,10+/m0/s1. The van der Waals surface area contributed by atoms with Crippen molar-refractivity contribution in [1.82, 2.24) is 0 Å². The number of nitrogens with two attached hydrogens (primary N) is 1.